The number of nitrogens with zero attached hydrogens (tertiary/aromatic N) is 1. The number of unbranched alkanes of at least 4 members (excludes halogenated alkanes) is 9. The van der Waals surface area contributed by atoms with Gasteiger partial charge in [0.15, 0.2) is 0 Å². The van der Waals surface area contributed by atoms with E-state index in [1.165, 1.54) is 51.4 Å². The average molecular weight is 344 g/mol. The molecule has 0 saturated carbocycles. The van der Waals surface area contributed by atoms with E-state index < -0.39 is 5.54 Å². The van der Waals surface area contributed by atoms with Crippen molar-refractivity contribution in [2.24, 2.45) is 0 Å². The molecular formula is C19H37NO4. The largest absolute Gasteiger partial charge is 0.466 e. The van der Waals surface area contributed by atoms with Crippen molar-refractivity contribution in [3.05, 3.63) is 10.1 Å². The van der Waals surface area contributed by atoms with Crippen molar-refractivity contribution in [2.75, 3.05) is 6.61 Å². The molecule has 24 heavy (non-hydrogen) atoms. The van der Waals surface area contributed by atoms with Crippen molar-refractivity contribution in [3.8, 4) is 0 Å². The SMILES string of the molecule is CCCCCCCCCCCCOC(=O)CC[C@@](C)(CC)[N+](=O)[O-]. The lowest BCUT2D eigenvalue weighted by molar-refractivity contribution is -0.567. The van der Waals surface area contributed by atoms with Crippen molar-refractivity contribution in [2.45, 2.75) is 110 Å². The van der Waals surface area contributed by atoms with Crippen LogP contribution in [0.4, 0.5) is 0 Å². The van der Waals surface area contributed by atoms with Gasteiger partial charge in [0.25, 0.3) is 0 Å². The predicted molar refractivity (Wildman–Crippen MR) is 97.7 cm³/mol. The molecule has 0 spiro atoms. The van der Waals surface area contributed by atoms with Gasteiger partial charge in [-0.3, -0.25) is 14.9 Å². The van der Waals surface area contributed by atoms with E-state index in [2.05, 4.69) is 6.92 Å². The van der Waals surface area contributed by atoms with Gasteiger partial charge in [-0.25, -0.2) is 0 Å². The summed E-state index contributed by atoms with van der Waals surface area (Å²) in [7, 11) is 0. The van der Waals surface area contributed by atoms with E-state index in [9.17, 15) is 14.9 Å². The minimum atomic E-state index is -1.02. The molecule has 0 amide bonds. The quantitative estimate of drug-likeness (QED) is 0.156. The summed E-state index contributed by atoms with van der Waals surface area (Å²) in [5.74, 6) is -0.313. The summed E-state index contributed by atoms with van der Waals surface area (Å²) in [6.45, 7) is 6.04. The first kappa shape index (κ1) is 22.9. The molecule has 0 heterocycles. The van der Waals surface area contributed by atoms with E-state index >= 15 is 0 Å². The highest BCUT2D eigenvalue weighted by Crippen LogP contribution is 2.21. The van der Waals surface area contributed by atoms with Gasteiger partial charge in [-0.2, -0.15) is 0 Å². The summed E-state index contributed by atoms with van der Waals surface area (Å²) in [4.78, 5) is 22.3. The van der Waals surface area contributed by atoms with Crippen molar-refractivity contribution in [1.29, 1.82) is 0 Å². The summed E-state index contributed by atoms with van der Waals surface area (Å²) >= 11 is 0. The van der Waals surface area contributed by atoms with Gasteiger partial charge >= 0.3 is 5.97 Å². The van der Waals surface area contributed by atoms with Gasteiger partial charge in [-0.1, -0.05) is 71.6 Å². The average Bonchev–Trinajstić information content (AvgIpc) is 2.57. The highest BCUT2D eigenvalue weighted by atomic mass is 16.6. The van der Waals surface area contributed by atoms with Crippen LogP contribution in [0.2, 0.25) is 0 Å². The van der Waals surface area contributed by atoms with Crippen LogP contribution in [0.1, 0.15) is 104 Å². The van der Waals surface area contributed by atoms with E-state index in [0.29, 0.717) is 13.0 Å². The van der Waals surface area contributed by atoms with Gasteiger partial charge in [0.2, 0.25) is 5.54 Å². The summed E-state index contributed by atoms with van der Waals surface area (Å²) in [6.07, 6.45) is 13.2. The molecular weight excluding hydrogens is 306 g/mol. The molecule has 0 N–H and O–H groups in total. The minimum absolute atomic E-state index is 0.128. The van der Waals surface area contributed by atoms with Crippen molar-refractivity contribution >= 4 is 5.97 Å². The number of carbonyl (C=O) groups is 1. The molecule has 0 fully saturated rings. The summed E-state index contributed by atoms with van der Waals surface area (Å²) in [5.41, 5.74) is -1.02. The third kappa shape index (κ3) is 11.4. The Hall–Kier alpha value is -1.13. The fourth-order valence-corrected chi connectivity index (χ4v) is 2.62. The Bertz CT molecular complexity index is 346. The van der Waals surface area contributed by atoms with Crippen LogP contribution in [-0.2, 0) is 9.53 Å². The van der Waals surface area contributed by atoms with Gasteiger partial charge in [-0.15, -0.1) is 0 Å². The van der Waals surface area contributed by atoms with Crippen LogP contribution in [0.5, 0.6) is 0 Å². The molecule has 0 aliphatic rings. The van der Waals surface area contributed by atoms with Gasteiger partial charge < -0.3 is 4.74 Å². The van der Waals surface area contributed by atoms with Crippen LogP contribution in [0.15, 0.2) is 0 Å². The van der Waals surface area contributed by atoms with Crippen LogP contribution in [-0.4, -0.2) is 23.0 Å². The van der Waals surface area contributed by atoms with Crippen LogP contribution in [0.3, 0.4) is 0 Å². The number of carbonyl (C=O) groups excluding carboxylic acids is 1. The van der Waals surface area contributed by atoms with Gasteiger partial charge in [0.05, 0.1) is 13.0 Å². The standard InChI is InChI=1S/C19H37NO4/c1-4-6-7-8-9-10-11-12-13-14-17-24-18(21)15-16-19(3,5-2)20(22)23/h4-17H2,1-3H3/t19-/m1/s1. The second-order valence-electron chi connectivity index (χ2n) is 7.01. The lowest BCUT2D eigenvalue weighted by atomic mass is 9.94. The molecule has 0 aromatic carbocycles. The van der Waals surface area contributed by atoms with Crippen LogP contribution in [0, 0.1) is 10.1 Å². The smallest absolute Gasteiger partial charge is 0.306 e. The number of hydrogen-bond acceptors (Lipinski definition) is 4. The fraction of sp³-hybridized carbons (Fsp3) is 0.947. The van der Waals surface area contributed by atoms with Crippen molar-refractivity contribution in [3.63, 3.8) is 0 Å². The molecule has 0 unspecified atom stereocenters. The maximum atomic E-state index is 11.6. The molecule has 5 nitrogen and oxygen atoms in total. The molecule has 0 aliphatic heterocycles. The molecule has 5 heteroatoms. The molecule has 0 rings (SSSR count). The Balaban J connectivity index is 3.48. The van der Waals surface area contributed by atoms with E-state index in [1.54, 1.807) is 13.8 Å². The maximum absolute atomic E-state index is 11.6. The summed E-state index contributed by atoms with van der Waals surface area (Å²) < 4.78 is 5.17. The zero-order valence-electron chi connectivity index (χ0n) is 16.0. The third-order valence-electron chi connectivity index (χ3n) is 4.83. The molecule has 0 aromatic heterocycles. The number of ether oxygens (including phenoxy) is 1. The van der Waals surface area contributed by atoms with Crippen molar-refractivity contribution in [1.82, 2.24) is 0 Å². The molecule has 1 atom stereocenters. The lowest BCUT2D eigenvalue weighted by Crippen LogP contribution is -2.34. The zero-order chi connectivity index (χ0) is 18.3. The normalized spacial score (nSPS) is 13.5. The second kappa shape index (κ2) is 14.2. The first-order chi connectivity index (χ1) is 11.5. The summed E-state index contributed by atoms with van der Waals surface area (Å²) in [6, 6.07) is 0. The number of hydrogen-bond donors (Lipinski definition) is 0. The Morgan fingerprint density at radius 3 is 1.92 bits per heavy atom. The molecule has 0 saturated heterocycles. The monoisotopic (exact) mass is 343 g/mol. The van der Waals surface area contributed by atoms with Crippen LogP contribution in [0.25, 0.3) is 0 Å². The predicted octanol–water partition coefficient (Wildman–Crippen LogP) is 5.68. The van der Waals surface area contributed by atoms with Gasteiger partial charge in [0, 0.05) is 24.7 Å². The lowest BCUT2D eigenvalue weighted by Gasteiger charge is -2.18. The fourth-order valence-electron chi connectivity index (χ4n) is 2.62. The first-order valence-electron chi connectivity index (χ1n) is 9.76. The first-order valence-corrected chi connectivity index (χ1v) is 9.76. The Morgan fingerprint density at radius 1 is 0.958 bits per heavy atom. The molecule has 0 bridgehead atoms. The topological polar surface area (TPSA) is 69.4 Å². The number of esters is 1. The zero-order valence-corrected chi connectivity index (χ0v) is 16.0. The molecule has 0 aliphatic carbocycles. The highest BCUT2D eigenvalue weighted by molar-refractivity contribution is 5.69. The molecule has 0 aromatic rings. The Kier molecular flexibility index (Phi) is 13.6. The van der Waals surface area contributed by atoms with Crippen LogP contribution < -0.4 is 0 Å². The third-order valence-corrected chi connectivity index (χ3v) is 4.83. The second-order valence-corrected chi connectivity index (χ2v) is 7.01. The van der Waals surface area contributed by atoms with E-state index in [0.717, 1.165) is 12.8 Å². The van der Waals surface area contributed by atoms with Gasteiger partial charge in [0.1, 0.15) is 0 Å². The summed E-state index contributed by atoms with van der Waals surface area (Å²) in [5, 5.41) is 11.0. The molecule has 0 radical (unpaired) electrons. The number of nitro groups is 1. The highest BCUT2D eigenvalue weighted by Gasteiger charge is 2.35. The van der Waals surface area contributed by atoms with E-state index in [1.807, 2.05) is 0 Å². The van der Waals surface area contributed by atoms with Gasteiger partial charge in [-0.05, 0) is 6.42 Å². The molecule has 142 valence electrons. The Labute approximate surface area is 147 Å². The van der Waals surface area contributed by atoms with Crippen molar-refractivity contribution < 1.29 is 14.5 Å². The minimum Gasteiger partial charge on any atom is -0.466 e. The number of rotatable bonds is 16. The van der Waals surface area contributed by atoms with Crippen LogP contribution >= 0.6 is 0 Å². The maximum Gasteiger partial charge on any atom is 0.306 e. The van der Waals surface area contributed by atoms with E-state index in [-0.39, 0.29) is 23.7 Å². The Morgan fingerprint density at radius 2 is 1.46 bits per heavy atom. The van der Waals surface area contributed by atoms with E-state index in [4.69, 9.17) is 4.74 Å².